The van der Waals surface area contributed by atoms with Gasteiger partial charge >= 0.3 is 0 Å². The van der Waals surface area contributed by atoms with Crippen molar-refractivity contribution in [2.45, 2.75) is 25.0 Å². The summed E-state index contributed by atoms with van der Waals surface area (Å²) in [5.74, 6) is 0. The number of ether oxygens (including phenoxy) is 2. The van der Waals surface area contributed by atoms with Crippen molar-refractivity contribution < 1.29 is 17.9 Å². The summed E-state index contributed by atoms with van der Waals surface area (Å²) in [6, 6.07) is 16.5. The van der Waals surface area contributed by atoms with Gasteiger partial charge in [-0.05, 0) is 31.5 Å². The molecule has 0 aliphatic carbocycles. The van der Waals surface area contributed by atoms with Gasteiger partial charge in [0.25, 0.3) is 0 Å². The molecule has 0 N–H and O–H groups in total. The minimum atomic E-state index is -3.52. The summed E-state index contributed by atoms with van der Waals surface area (Å²) in [5.41, 5.74) is 2.09. The summed E-state index contributed by atoms with van der Waals surface area (Å²) in [7, 11) is -3.52. The highest BCUT2D eigenvalue weighted by Gasteiger charge is 2.31. The molecule has 0 atom stereocenters. The van der Waals surface area contributed by atoms with Crippen molar-refractivity contribution in [3.05, 3.63) is 65.6 Å². The van der Waals surface area contributed by atoms with E-state index in [1.165, 1.54) is 5.41 Å². The Morgan fingerprint density at radius 1 is 0.923 bits per heavy atom. The number of nitrogens with zero attached hydrogens (tertiary/aromatic N) is 1. The van der Waals surface area contributed by atoms with Gasteiger partial charge in [0.15, 0.2) is 6.29 Å². The molecular formula is C20H23NO4S. The topological polar surface area (TPSA) is 55.8 Å². The van der Waals surface area contributed by atoms with Crippen LogP contribution in [-0.4, -0.2) is 34.5 Å². The van der Waals surface area contributed by atoms with E-state index in [1.807, 2.05) is 61.2 Å². The van der Waals surface area contributed by atoms with Crippen LogP contribution in [0.4, 0.5) is 5.69 Å². The van der Waals surface area contributed by atoms with Gasteiger partial charge in [0.2, 0.25) is 9.84 Å². The van der Waals surface area contributed by atoms with E-state index in [-0.39, 0.29) is 0 Å². The van der Waals surface area contributed by atoms with Crippen LogP contribution in [0, 0.1) is 0 Å². The molecule has 138 valence electrons. The fraction of sp³-hybridized carbons (Fsp3) is 0.300. The number of para-hydroxylation sites is 1. The maximum Gasteiger partial charge on any atom is 0.203 e. The second-order valence-electron chi connectivity index (χ2n) is 5.83. The van der Waals surface area contributed by atoms with Gasteiger partial charge in [0.1, 0.15) is 0 Å². The van der Waals surface area contributed by atoms with Crippen molar-refractivity contribution in [1.29, 1.82) is 0 Å². The number of anilines is 1. The van der Waals surface area contributed by atoms with Crippen LogP contribution >= 0.6 is 0 Å². The van der Waals surface area contributed by atoms with Gasteiger partial charge in [-0.3, -0.25) is 0 Å². The number of fused-ring (bicyclic) bond motifs is 1. The lowest BCUT2D eigenvalue weighted by atomic mass is 10.1. The van der Waals surface area contributed by atoms with E-state index in [9.17, 15) is 8.42 Å². The second-order valence-corrected chi connectivity index (χ2v) is 7.60. The average Bonchev–Trinajstić information content (AvgIpc) is 2.65. The standard InChI is InChI=1S/C20H23NO4S/c1-3-24-20(25-4-2)14-21-17-12-8-9-13-19(17)26(22,23)15-18(21)16-10-6-5-7-11-16/h5-13,15,20H,3-4,14H2,1-2H3. The predicted molar refractivity (Wildman–Crippen MR) is 102 cm³/mol. The van der Waals surface area contributed by atoms with Crippen LogP contribution in [0.1, 0.15) is 19.4 Å². The zero-order valence-electron chi connectivity index (χ0n) is 15.0. The van der Waals surface area contributed by atoms with Gasteiger partial charge in [0, 0.05) is 13.2 Å². The molecule has 0 spiro atoms. The van der Waals surface area contributed by atoms with E-state index < -0.39 is 16.1 Å². The SMILES string of the molecule is CCOC(CN1C(c2ccccc2)=CS(=O)(=O)c2ccccc21)OCC. The molecule has 0 saturated carbocycles. The van der Waals surface area contributed by atoms with Gasteiger partial charge in [-0.25, -0.2) is 8.42 Å². The molecule has 0 bridgehead atoms. The Kier molecular flexibility index (Phi) is 5.76. The van der Waals surface area contributed by atoms with E-state index in [0.717, 1.165) is 5.56 Å². The molecule has 0 unspecified atom stereocenters. The molecule has 0 saturated heterocycles. The first-order chi connectivity index (χ1) is 12.6. The van der Waals surface area contributed by atoms with E-state index in [0.29, 0.717) is 36.0 Å². The third kappa shape index (κ3) is 3.82. The van der Waals surface area contributed by atoms with Crippen molar-refractivity contribution in [2.75, 3.05) is 24.7 Å². The maximum atomic E-state index is 12.8. The Morgan fingerprint density at radius 3 is 2.19 bits per heavy atom. The predicted octanol–water partition coefficient (Wildman–Crippen LogP) is 3.68. The Bertz CT molecular complexity index is 872. The van der Waals surface area contributed by atoms with Gasteiger partial charge < -0.3 is 14.4 Å². The van der Waals surface area contributed by atoms with Crippen LogP contribution in [-0.2, 0) is 19.3 Å². The lowest BCUT2D eigenvalue weighted by Crippen LogP contribution is -2.37. The lowest BCUT2D eigenvalue weighted by Gasteiger charge is -2.34. The Labute approximate surface area is 154 Å². The molecule has 0 aromatic heterocycles. The van der Waals surface area contributed by atoms with Crippen molar-refractivity contribution in [1.82, 2.24) is 0 Å². The summed E-state index contributed by atoms with van der Waals surface area (Å²) in [6.45, 7) is 5.25. The van der Waals surface area contributed by atoms with Crippen molar-refractivity contribution in [3.63, 3.8) is 0 Å². The zero-order chi connectivity index (χ0) is 18.6. The normalized spacial score (nSPS) is 15.7. The van der Waals surface area contributed by atoms with Crippen LogP contribution < -0.4 is 4.90 Å². The molecule has 6 heteroatoms. The second kappa shape index (κ2) is 8.03. The molecule has 2 aromatic rings. The fourth-order valence-corrected chi connectivity index (χ4v) is 4.45. The van der Waals surface area contributed by atoms with Crippen LogP contribution in [0.2, 0.25) is 0 Å². The molecule has 0 fully saturated rings. The monoisotopic (exact) mass is 373 g/mol. The minimum Gasteiger partial charge on any atom is -0.351 e. The van der Waals surface area contributed by atoms with E-state index in [4.69, 9.17) is 9.47 Å². The third-order valence-corrected chi connectivity index (χ3v) is 5.62. The van der Waals surface area contributed by atoms with Crippen molar-refractivity contribution in [3.8, 4) is 0 Å². The smallest absolute Gasteiger partial charge is 0.203 e. The van der Waals surface area contributed by atoms with E-state index in [2.05, 4.69) is 0 Å². The summed E-state index contributed by atoms with van der Waals surface area (Å²) in [4.78, 5) is 2.26. The average molecular weight is 373 g/mol. The lowest BCUT2D eigenvalue weighted by molar-refractivity contribution is -0.128. The number of sulfone groups is 1. The van der Waals surface area contributed by atoms with Crippen LogP contribution in [0.3, 0.4) is 0 Å². The first kappa shape index (κ1) is 18.6. The van der Waals surface area contributed by atoms with Crippen molar-refractivity contribution in [2.24, 2.45) is 0 Å². The largest absolute Gasteiger partial charge is 0.351 e. The Morgan fingerprint density at radius 2 is 1.54 bits per heavy atom. The molecule has 2 aromatic carbocycles. The molecule has 5 nitrogen and oxygen atoms in total. The summed E-state index contributed by atoms with van der Waals surface area (Å²) < 4.78 is 36.9. The number of rotatable bonds is 7. The van der Waals surface area contributed by atoms with Crippen molar-refractivity contribution >= 4 is 21.2 Å². The van der Waals surface area contributed by atoms with E-state index >= 15 is 0 Å². The highest BCUT2D eigenvalue weighted by molar-refractivity contribution is 7.94. The Hall–Kier alpha value is -2.15. The molecular weight excluding hydrogens is 350 g/mol. The van der Waals surface area contributed by atoms with Gasteiger partial charge in [-0.1, -0.05) is 42.5 Å². The first-order valence-electron chi connectivity index (χ1n) is 8.68. The molecule has 0 amide bonds. The quantitative estimate of drug-likeness (QED) is 0.693. The summed E-state index contributed by atoms with van der Waals surface area (Å²) >= 11 is 0. The van der Waals surface area contributed by atoms with Gasteiger partial charge in [0.05, 0.1) is 28.2 Å². The summed E-state index contributed by atoms with van der Waals surface area (Å²) in [6.07, 6.45) is -0.453. The zero-order valence-corrected chi connectivity index (χ0v) is 15.8. The molecule has 1 aliphatic heterocycles. The number of hydrogen-bond donors (Lipinski definition) is 0. The number of benzene rings is 2. The highest BCUT2D eigenvalue weighted by Crippen LogP contribution is 2.38. The molecule has 26 heavy (non-hydrogen) atoms. The third-order valence-electron chi connectivity index (χ3n) is 4.13. The minimum absolute atomic E-state index is 0.298. The highest BCUT2D eigenvalue weighted by atomic mass is 32.2. The molecule has 3 rings (SSSR count). The van der Waals surface area contributed by atoms with Crippen LogP contribution in [0.15, 0.2) is 64.9 Å². The van der Waals surface area contributed by atoms with Crippen LogP contribution in [0.25, 0.3) is 5.70 Å². The molecule has 1 aliphatic rings. The van der Waals surface area contributed by atoms with E-state index in [1.54, 1.807) is 12.1 Å². The van der Waals surface area contributed by atoms with Gasteiger partial charge in [-0.2, -0.15) is 0 Å². The first-order valence-corrected chi connectivity index (χ1v) is 10.2. The molecule has 1 heterocycles. The summed E-state index contributed by atoms with van der Waals surface area (Å²) in [5, 5.41) is 1.33. The fourth-order valence-electron chi connectivity index (χ4n) is 3.03. The van der Waals surface area contributed by atoms with Crippen LogP contribution in [0.5, 0.6) is 0 Å². The Balaban J connectivity index is 2.10. The molecule has 0 radical (unpaired) electrons. The number of hydrogen-bond acceptors (Lipinski definition) is 5. The maximum absolute atomic E-state index is 12.8. The van der Waals surface area contributed by atoms with Gasteiger partial charge in [-0.15, -0.1) is 0 Å².